The number of carbonyl (C=O) groups excluding carboxylic acids is 2. The zero-order valence-electron chi connectivity index (χ0n) is 15.8. The predicted octanol–water partition coefficient (Wildman–Crippen LogP) is 3.26. The van der Waals surface area contributed by atoms with Crippen molar-refractivity contribution >= 4 is 11.8 Å². The molecule has 6 heteroatoms. The van der Waals surface area contributed by atoms with Gasteiger partial charge in [0.2, 0.25) is 5.91 Å². The van der Waals surface area contributed by atoms with Crippen molar-refractivity contribution in [2.75, 3.05) is 6.54 Å². The van der Waals surface area contributed by atoms with Gasteiger partial charge in [0.05, 0.1) is 12.4 Å². The van der Waals surface area contributed by atoms with Crippen molar-refractivity contribution in [3.05, 3.63) is 84.4 Å². The van der Waals surface area contributed by atoms with Crippen LogP contribution in [0.5, 0.6) is 0 Å². The lowest BCUT2D eigenvalue weighted by atomic mass is 10.1. The minimum atomic E-state index is -0.118. The molecule has 28 heavy (non-hydrogen) atoms. The van der Waals surface area contributed by atoms with Crippen LogP contribution in [-0.4, -0.2) is 27.9 Å². The van der Waals surface area contributed by atoms with Crippen molar-refractivity contribution in [2.45, 2.75) is 25.8 Å². The van der Waals surface area contributed by atoms with Crippen LogP contribution >= 0.6 is 0 Å². The van der Waals surface area contributed by atoms with E-state index in [9.17, 15) is 9.59 Å². The summed E-state index contributed by atoms with van der Waals surface area (Å²) in [6, 6.07) is 17.0. The Hall–Kier alpha value is -3.41. The predicted molar refractivity (Wildman–Crippen MR) is 108 cm³/mol. The maximum Gasteiger partial charge on any atom is 0.251 e. The van der Waals surface area contributed by atoms with Crippen molar-refractivity contribution in [2.24, 2.45) is 0 Å². The van der Waals surface area contributed by atoms with E-state index in [1.54, 1.807) is 24.7 Å². The Morgan fingerprint density at radius 3 is 2.50 bits per heavy atom. The zero-order valence-corrected chi connectivity index (χ0v) is 15.8. The summed E-state index contributed by atoms with van der Waals surface area (Å²) >= 11 is 0. The van der Waals surface area contributed by atoms with E-state index < -0.39 is 0 Å². The van der Waals surface area contributed by atoms with Crippen molar-refractivity contribution in [1.82, 2.24) is 20.2 Å². The molecule has 0 spiro atoms. The molecule has 0 saturated carbocycles. The van der Waals surface area contributed by atoms with Gasteiger partial charge in [-0.05, 0) is 43.2 Å². The van der Waals surface area contributed by atoms with Crippen LogP contribution in [0.1, 0.15) is 41.7 Å². The molecule has 0 bridgehead atoms. The first-order valence-corrected chi connectivity index (χ1v) is 9.34. The number of nitrogens with zero attached hydrogens (tertiary/aromatic N) is 2. The number of aromatic nitrogens is 2. The monoisotopic (exact) mass is 376 g/mol. The molecule has 2 amide bonds. The fourth-order valence-electron chi connectivity index (χ4n) is 2.89. The van der Waals surface area contributed by atoms with E-state index in [-0.39, 0.29) is 17.9 Å². The van der Waals surface area contributed by atoms with E-state index in [1.807, 2.05) is 60.2 Å². The highest BCUT2D eigenvalue weighted by Gasteiger charge is 2.10. The van der Waals surface area contributed by atoms with Crippen LogP contribution in [0.15, 0.2) is 73.3 Å². The lowest BCUT2D eigenvalue weighted by Crippen LogP contribution is -2.29. The van der Waals surface area contributed by atoms with Gasteiger partial charge < -0.3 is 15.2 Å². The summed E-state index contributed by atoms with van der Waals surface area (Å²) in [5.74, 6) is -0.146. The van der Waals surface area contributed by atoms with Crippen LogP contribution in [-0.2, 0) is 4.79 Å². The molecular formula is C22H24N4O2. The summed E-state index contributed by atoms with van der Waals surface area (Å²) < 4.78 is 1.93. The van der Waals surface area contributed by atoms with Crippen molar-refractivity contribution in [1.29, 1.82) is 0 Å². The molecule has 3 rings (SSSR count). The number of imidazole rings is 1. The van der Waals surface area contributed by atoms with Gasteiger partial charge in [-0.2, -0.15) is 0 Å². The average Bonchev–Trinajstić information content (AvgIpc) is 3.26. The molecule has 0 aliphatic rings. The van der Waals surface area contributed by atoms with Crippen LogP contribution in [0, 0.1) is 0 Å². The number of carbonyl (C=O) groups is 2. The summed E-state index contributed by atoms with van der Waals surface area (Å²) in [4.78, 5) is 28.1. The van der Waals surface area contributed by atoms with Gasteiger partial charge in [-0.1, -0.05) is 30.3 Å². The Balaban J connectivity index is 1.40. The molecule has 1 atom stereocenters. The summed E-state index contributed by atoms with van der Waals surface area (Å²) in [5, 5.41) is 5.83. The van der Waals surface area contributed by atoms with Crippen molar-refractivity contribution in [3.8, 4) is 5.69 Å². The first-order chi connectivity index (χ1) is 13.6. The maximum atomic E-state index is 12.2. The second-order valence-corrected chi connectivity index (χ2v) is 6.58. The lowest BCUT2D eigenvalue weighted by Gasteiger charge is -2.15. The maximum absolute atomic E-state index is 12.2. The van der Waals surface area contributed by atoms with E-state index in [2.05, 4.69) is 15.6 Å². The van der Waals surface area contributed by atoms with Gasteiger partial charge in [0.15, 0.2) is 0 Å². The fourth-order valence-corrected chi connectivity index (χ4v) is 2.89. The Morgan fingerprint density at radius 2 is 1.82 bits per heavy atom. The molecule has 0 fully saturated rings. The van der Waals surface area contributed by atoms with Crippen molar-refractivity contribution in [3.63, 3.8) is 0 Å². The number of hydrogen-bond donors (Lipinski definition) is 2. The lowest BCUT2D eigenvalue weighted by molar-refractivity contribution is -0.121. The molecule has 0 aliphatic carbocycles. The molecule has 0 saturated heterocycles. The van der Waals surface area contributed by atoms with Crippen LogP contribution in [0.4, 0.5) is 0 Å². The number of benzene rings is 2. The molecule has 6 nitrogen and oxygen atoms in total. The van der Waals surface area contributed by atoms with Gasteiger partial charge in [-0.15, -0.1) is 0 Å². The Morgan fingerprint density at radius 1 is 1.07 bits per heavy atom. The normalized spacial score (nSPS) is 11.6. The first kappa shape index (κ1) is 19.4. The molecule has 2 N–H and O–H groups in total. The third kappa shape index (κ3) is 5.30. The first-order valence-electron chi connectivity index (χ1n) is 9.34. The van der Waals surface area contributed by atoms with E-state index in [4.69, 9.17) is 0 Å². The van der Waals surface area contributed by atoms with Gasteiger partial charge in [-0.3, -0.25) is 9.59 Å². The summed E-state index contributed by atoms with van der Waals surface area (Å²) in [6.45, 7) is 2.43. The molecule has 3 aromatic rings. The molecule has 0 unspecified atom stereocenters. The zero-order chi connectivity index (χ0) is 19.8. The average molecular weight is 376 g/mol. The standard InChI is InChI=1S/C22H24N4O2/c1-17(18-9-11-20(12-10-18)26-15-14-23-16-26)25-21(27)8-5-13-24-22(28)19-6-3-2-4-7-19/h2-4,6-7,9-12,14-17H,5,8,13H2,1H3,(H,24,28)(H,25,27)/t17-/m0/s1. The Bertz CT molecular complexity index is 890. The second-order valence-electron chi connectivity index (χ2n) is 6.58. The third-order valence-corrected chi connectivity index (χ3v) is 4.48. The number of hydrogen-bond acceptors (Lipinski definition) is 3. The van der Waals surface area contributed by atoms with E-state index in [0.717, 1.165) is 11.3 Å². The van der Waals surface area contributed by atoms with Gasteiger partial charge in [-0.25, -0.2) is 4.98 Å². The highest BCUT2D eigenvalue weighted by Crippen LogP contribution is 2.16. The minimum absolute atomic E-state index is 0.0276. The van der Waals surface area contributed by atoms with E-state index in [1.165, 1.54) is 0 Å². The van der Waals surface area contributed by atoms with Gasteiger partial charge in [0, 0.05) is 36.6 Å². The Labute approximate surface area is 164 Å². The highest BCUT2D eigenvalue weighted by atomic mass is 16.2. The molecule has 144 valence electrons. The van der Waals surface area contributed by atoms with Crippen LogP contribution in [0.2, 0.25) is 0 Å². The molecule has 1 aromatic heterocycles. The van der Waals surface area contributed by atoms with Gasteiger partial charge in [0.25, 0.3) is 5.91 Å². The summed E-state index contributed by atoms with van der Waals surface area (Å²) in [5.41, 5.74) is 2.68. The molecular weight excluding hydrogens is 352 g/mol. The van der Waals surface area contributed by atoms with E-state index in [0.29, 0.717) is 24.9 Å². The number of amides is 2. The summed E-state index contributed by atoms with van der Waals surface area (Å²) in [7, 11) is 0. The Kier molecular flexibility index (Phi) is 6.57. The second kappa shape index (κ2) is 9.50. The molecule has 0 radical (unpaired) electrons. The molecule has 2 aromatic carbocycles. The largest absolute Gasteiger partial charge is 0.352 e. The highest BCUT2D eigenvalue weighted by molar-refractivity contribution is 5.94. The quantitative estimate of drug-likeness (QED) is 0.593. The smallest absolute Gasteiger partial charge is 0.251 e. The SMILES string of the molecule is C[C@H](NC(=O)CCCNC(=O)c1ccccc1)c1ccc(-n2ccnc2)cc1. The van der Waals surface area contributed by atoms with Crippen LogP contribution in [0.25, 0.3) is 5.69 Å². The van der Waals surface area contributed by atoms with Gasteiger partial charge in [0.1, 0.15) is 0 Å². The van der Waals surface area contributed by atoms with Gasteiger partial charge >= 0.3 is 0 Å². The van der Waals surface area contributed by atoms with Crippen LogP contribution in [0.3, 0.4) is 0 Å². The minimum Gasteiger partial charge on any atom is -0.352 e. The number of rotatable bonds is 8. The fraction of sp³-hybridized carbons (Fsp3) is 0.227. The molecule has 1 heterocycles. The van der Waals surface area contributed by atoms with Crippen LogP contribution < -0.4 is 10.6 Å². The van der Waals surface area contributed by atoms with E-state index >= 15 is 0 Å². The third-order valence-electron chi connectivity index (χ3n) is 4.48. The topological polar surface area (TPSA) is 76.0 Å². The summed E-state index contributed by atoms with van der Waals surface area (Å²) in [6.07, 6.45) is 6.33. The van der Waals surface area contributed by atoms with Crippen molar-refractivity contribution < 1.29 is 9.59 Å². The molecule has 0 aliphatic heterocycles. The number of nitrogens with one attached hydrogen (secondary N) is 2.